The molecule has 0 bridgehead atoms. The van der Waals surface area contributed by atoms with E-state index in [1.165, 1.54) is 13.2 Å². The van der Waals surface area contributed by atoms with Gasteiger partial charge in [-0.1, -0.05) is 11.6 Å². The Labute approximate surface area is 180 Å². The summed E-state index contributed by atoms with van der Waals surface area (Å²) in [5, 5.41) is 4.96. The van der Waals surface area contributed by atoms with E-state index < -0.39 is 24.9 Å². The fourth-order valence-corrected chi connectivity index (χ4v) is 5.32. The van der Waals surface area contributed by atoms with Gasteiger partial charge in [-0.05, 0) is 50.8 Å². The summed E-state index contributed by atoms with van der Waals surface area (Å²) < 4.78 is 62.9. The van der Waals surface area contributed by atoms with E-state index in [1.54, 1.807) is 6.07 Å². The molecular weight excluding hydrogens is 454 g/mol. The van der Waals surface area contributed by atoms with Crippen LogP contribution in [0, 0.1) is 0 Å². The zero-order valence-corrected chi connectivity index (χ0v) is 18.9. The number of benzene rings is 2. The largest absolute Gasteiger partial charge is 0.496 e. The van der Waals surface area contributed by atoms with Crippen LogP contribution in [0.2, 0.25) is 5.02 Å². The van der Waals surface area contributed by atoms with E-state index in [4.69, 9.17) is 26.2 Å². The Kier molecular flexibility index (Phi) is 6.21. The highest BCUT2D eigenvalue weighted by Crippen LogP contribution is 2.41. The van der Waals surface area contributed by atoms with Crippen LogP contribution in [0.25, 0.3) is 0 Å². The molecule has 1 aliphatic rings. The number of fused-ring (bicyclic) bond motifs is 1. The number of ether oxygens (including phenoxy) is 2. The van der Waals surface area contributed by atoms with Gasteiger partial charge in [0.05, 0.1) is 22.7 Å². The smallest absolute Gasteiger partial charge is 0.263 e. The van der Waals surface area contributed by atoms with E-state index in [1.807, 2.05) is 19.0 Å². The monoisotopic (exact) mass is 475 g/mol. The Morgan fingerprint density at radius 2 is 1.90 bits per heavy atom. The molecular formula is C18H22ClN3O6S2. The van der Waals surface area contributed by atoms with Gasteiger partial charge in [0.15, 0.2) is 0 Å². The van der Waals surface area contributed by atoms with Gasteiger partial charge in [-0.15, -0.1) is 0 Å². The molecule has 0 spiro atoms. The lowest BCUT2D eigenvalue weighted by molar-refractivity contribution is 0.164. The van der Waals surface area contributed by atoms with E-state index in [-0.39, 0.29) is 21.6 Å². The summed E-state index contributed by atoms with van der Waals surface area (Å²) >= 11 is 6.03. The molecule has 0 saturated heterocycles. The highest BCUT2D eigenvalue weighted by atomic mass is 35.5. The van der Waals surface area contributed by atoms with Crippen LogP contribution < -0.4 is 19.3 Å². The predicted molar refractivity (Wildman–Crippen MR) is 113 cm³/mol. The highest BCUT2D eigenvalue weighted by Gasteiger charge is 2.29. The van der Waals surface area contributed by atoms with Gasteiger partial charge >= 0.3 is 0 Å². The average molecular weight is 476 g/mol. The summed E-state index contributed by atoms with van der Waals surface area (Å²) in [6, 6.07) is 6.47. The van der Waals surface area contributed by atoms with Crippen molar-refractivity contribution >= 4 is 37.3 Å². The van der Waals surface area contributed by atoms with Crippen LogP contribution in [-0.4, -0.2) is 55.6 Å². The molecule has 0 saturated carbocycles. The van der Waals surface area contributed by atoms with Crippen LogP contribution in [0.4, 0.5) is 5.69 Å². The van der Waals surface area contributed by atoms with Crippen molar-refractivity contribution in [1.29, 1.82) is 0 Å². The molecule has 0 fully saturated rings. The number of anilines is 1. The minimum absolute atomic E-state index is 0.0964. The van der Waals surface area contributed by atoms with Gasteiger partial charge in [-0.25, -0.2) is 22.0 Å². The normalized spacial score (nSPS) is 16.7. The van der Waals surface area contributed by atoms with Crippen molar-refractivity contribution in [1.82, 2.24) is 4.90 Å². The van der Waals surface area contributed by atoms with Gasteiger partial charge in [0.25, 0.3) is 10.0 Å². The Bertz CT molecular complexity index is 1180. The molecule has 30 heavy (non-hydrogen) atoms. The molecule has 0 aromatic heterocycles. The maximum absolute atomic E-state index is 13.0. The average Bonchev–Trinajstić information content (AvgIpc) is 2.66. The van der Waals surface area contributed by atoms with Crippen LogP contribution in [-0.2, 0) is 26.5 Å². The second-order valence-corrected chi connectivity index (χ2v) is 10.6. The Morgan fingerprint density at radius 1 is 1.20 bits per heavy atom. The van der Waals surface area contributed by atoms with Crippen LogP contribution in [0.1, 0.15) is 5.56 Å². The molecule has 12 heteroatoms. The Hall–Kier alpha value is -2.05. The SMILES string of the molecule is COc1ccc(NS(=O)(=O)c2cc(S(N)(=O)=O)ccc2Cl)c2c1C[C@@H](N(C)C)CO2. The first-order chi connectivity index (χ1) is 13.9. The second-order valence-electron chi connectivity index (χ2n) is 7.00. The number of rotatable bonds is 6. The summed E-state index contributed by atoms with van der Waals surface area (Å²) in [6.07, 6.45) is 0.600. The fourth-order valence-electron chi connectivity index (χ4n) is 3.11. The lowest BCUT2D eigenvalue weighted by Crippen LogP contribution is -2.38. The molecule has 0 aliphatic carbocycles. The van der Waals surface area contributed by atoms with Gasteiger partial charge in [-0.3, -0.25) is 4.72 Å². The van der Waals surface area contributed by atoms with Gasteiger partial charge < -0.3 is 14.4 Å². The van der Waals surface area contributed by atoms with Gasteiger partial charge in [0, 0.05) is 11.6 Å². The van der Waals surface area contributed by atoms with Crippen LogP contribution in [0.5, 0.6) is 11.5 Å². The minimum atomic E-state index is -4.24. The summed E-state index contributed by atoms with van der Waals surface area (Å²) in [7, 11) is -2.97. The molecule has 1 atom stereocenters. The number of halogens is 1. The maximum atomic E-state index is 13.0. The summed E-state index contributed by atoms with van der Waals surface area (Å²) in [4.78, 5) is 1.23. The van der Waals surface area contributed by atoms with E-state index in [0.717, 1.165) is 23.8 Å². The maximum Gasteiger partial charge on any atom is 0.263 e. The molecule has 164 valence electrons. The minimum Gasteiger partial charge on any atom is -0.496 e. The number of hydrogen-bond donors (Lipinski definition) is 2. The van der Waals surface area contributed by atoms with Gasteiger partial charge in [0.2, 0.25) is 10.0 Å². The zero-order chi connectivity index (χ0) is 22.3. The van der Waals surface area contributed by atoms with Crippen LogP contribution in [0.3, 0.4) is 0 Å². The molecule has 0 unspecified atom stereocenters. The van der Waals surface area contributed by atoms with Crippen molar-refractivity contribution in [3.05, 3.63) is 40.9 Å². The van der Waals surface area contributed by atoms with E-state index in [0.29, 0.717) is 24.5 Å². The van der Waals surface area contributed by atoms with Crippen molar-refractivity contribution in [2.75, 3.05) is 32.5 Å². The summed E-state index contributed by atoms with van der Waals surface area (Å²) in [6.45, 7) is 0.365. The number of primary sulfonamides is 1. The van der Waals surface area contributed by atoms with Gasteiger partial charge in [0.1, 0.15) is 23.0 Å². The van der Waals surface area contributed by atoms with Crippen molar-refractivity contribution in [2.24, 2.45) is 5.14 Å². The van der Waals surface area contributed by atoms with E-state index >= 15 is 0 Å². The standard InChI is InChI=1S/C18H22ClN3O6S2/c1-22(2)11-8-13-16(27-3)7-6-15(18(13)28-10-11)21-30(25,26)17-9-12(29(20,23)24)4-5-14(17)19/h4-7,9,11,21H,8,10H2,1-3H3,(H2,20,23,24)/t11-/m1/s1. The van der Waals surface area contributed by atoms with E-state index in [2.05, 4.69) is 4.72 Å². The number of nitrogens with two attached hydrogens (primary N) is 1. The molecule has 0 radical (unpaired) electrons. The lowest BCUT2D eigenvalue weighted by Gasteiger charge is -2.32. The molecule has 1 heterocycles. The number of hydrogen-bond acceptors (Lipinski definition) is 7. The molecule has 1 aliphatic heterocycles. The number of sulfonamides is 2. The zero-order valence-electron chi connectivity index (χ0n) is 16.5. The first-order valence-electron chi connectivity index (χ1n) is 8.78. The molecule has 0 amide bonds. The fraction of sp³-hybridized carbons (Fsp3) is 0.333. The first-order valence-corrected chi connectivity index (χ1v) is 12.2. The molecule has 2 aromatic carbocycles. The summed E-state index contributed by atoms with van der Waals surface area (Å²) in [5.74, 6) is 0.934. The summed E-state index contributed by atoms with van der Waals surface area (Å²) in [5.41, 5.74) is 0.923. The number of likely N-dealkylation sites (N-methyl/N-ethyl adjacent to an activating group) is 1. The van der Waals surface area contributed by atoms with Crippen molar-refractivity contribution in [3.8, 4) is 11.5 Å². The third kappa shape index (κ3) is 4.49. The predicted octanol–water partition coefficient (Wildman–Crippen LogP) is 1.66. The third-order valence-corrected chi connectivity index (χ3v) is 7.55. The van der Waals surface area contributed by atoms with Crippen LogP contribution in [0.15, 0.2) is 40.1 Å². The topological polar surface area (TPSA) is 128 Å². The molecule has 9 nitrogen and oxygen atoms in total. The highest BCUT2D eigenvalue weighted by molar-refractivity contribution is 7.93. The quantitative estimate of drug-likeness (QED) is 0.650. The molecule has 2 aromatic rings. The second kappa shape index (κ2) is 8.23. The van der Waals surface area contributed by atoms with Gasteiger partial charge in [-0.2, -0.15) is 0 Å². The lowest BCUT2D eigenvalue weighted by atomic mass is 10.00. The van der Waals surface area contributed by atoms with Crippen molar-refractivity contribution in [2.45, 2.75) is 22.3 Å². The third-order valence-electron chi connectivity index (χ3n) is 4.79. The Balaban J connectivity index is 2.04. The van der Waals surface area contributed by atoms with E-state index in [9.17, 15) is 16.8 Å². The number of nitrogens with zero attached hydrogens (tertiary/aromatic N) is 1. The number of nitrogens with one attached hydrogen (secondary N) is 1. The van der Waals surface area contributed by atoms with Crippen molar-refractivity contribution < 1.29 is 26.3 Å². The molecule has 3 rings (SSSR count). The van der Waals surface area contributed by atoms with Crippen LogP contribution >= 0.6 is 11.6 Å². The number of methoxy groups -OCH3 is 1. The first kappa shape index (κ1) is 22.6. The Morgan fingerprint density at radius 3 is 2.50 bits per heavy atom. The molecule has 3 N–H and O–H groups in total. The van der Waals surface area contributed by atoms with Crippen molar-refractivity contribution in [3.63, 3.8) is 0 Å².